The molecule has 8 heteroatoms. The second-order valence-electron chi connectivity index (χ2n) is 6.99. The van der Waals surface area contributed by atoms with Gasteiger partial charge in [0.15, 0.2) is 0 Å². The summed E-state index contributed by atoms with van der Waals surface area (Å²) in [4.78, 5) is 16.8. The molecule has 3 rings (SSSR count). The van der Waals surface area contributed by atoms with Gasteiger partial charge in [-0.25, -0.2) is 23.1 Å². The normalized spacial score (nSPS) is 15.1. The summed E-state index contributed by atoms with van der Waals surface area (Å²) in [5, 5.41) is 4.26. The van der Waals surface area contributed by atoms with Crippen molar-refractivity contribution in [2.24, 2.45) is 5.10 Å². The fraction of sp³-hybridized carbons (Fsp3) is 0.381. The number of benzene rings is 1. The third kappa shape index (κ3) is 5.87. The minimum atomic E-state index is -3.94. The molecule has 0 radical (unpaired) electrons. The lowest BCUT2D eigenvalue weighted by molar-refractivity contribution is -0.119. The minimum Gasteiger partial charge on any atom is -0.271 e. The maximum Gasteiger partial charge on any atom is 0.265 e. The van der Waals surface area contributed by atoms with E-state index in [1.807, 2.05) is 0 Å². The van der Waals surface area contributed by atoms with E-state index >= 15 is 0 Å². The van der Waals surface area contributed by atoms with Gasteiger partial charge in [0.25, 0.3) is 15.9 Å². The van der Waals surface area contributed by atoms with Crippen LogP contribution in [0.3, 0.4) is 0 Å². The van der Waals surface area contributed by atoms with E-state index in [2.05, 4.69) is 15.5 Å². The van der Waals surface area contributed by atoms with Gasteiger partial charge in [-0.2, -0.15) is 5.10 Å². The van der Waals surface area contributed by atoms with Crippen LogP contribution in [0.1, 0.15) is 44.9 Å². The topological polar surface area (TPSA) is 91.7 Å². The summed E-state index contributed by atoms with van der Waals surface area (Å²) in [6.45, 7) is -0.398. The molecular formula is C21H26N4O3S. The van der Waals surface area contributed by atoms with Crippen LogP contribution in [0.2, 0.25) is 0 Å². The summed E-state index contributed by atoms with van der Waals surface area (Å²) in [7, 11) is -3.94. The van der Waals surface area contributed by atoms with Crippen molar-refractivity contribution < 1.29 is 13.2 Å². The highest BCUT2D eigenvalue weighted by Gasteiger charge is 2.27. The van der Waals surface area contributed by atoms with E-state index in [0.717, 1.165) is 35.7 Å². The smallest absolute Gasteiger partial charge is 0.265 e. The van der Waals surface area contributed by atoms with Crippen molar-refractivity contribution in [2.45, 2.75) is 49.8 Å². The van der Waals surface area contributed by atoms with Crippen LogP contribution in [0.15, 0.2) is 64.7 Å². The number of anilines is 1. The molecule has 1 heterocycles. The first-order valence-electron chi connectivity index (χ1n) is 9.90. The van der Waals surface area contributed by atoms with Crippen LogP contribution < -0.4 is 9.73 Å². The number of nitrogens with one attached hydrogen (secondary N) is 1. The van der Waals surface area contributed by atoms with Gasteiger partial charge in [-0.15, -0.1) is 0 Å². The zero-order valence-electron chi connectivity index (χ0n) is 16.3. The third-order valence-corrected chi connectivity index (χ3v) is 6.56. The summed E-state index contributed by atoms with van der Waals surface area (Å²) in [6.07, 6.45) is 8.96. The quantitative estimate of drug-likeness (QED) is 0.733. The number of pyridine rings is 1. The van der Waals surface area contributed by atoms with Crippen LogP contribution in [-0.4, -0.2) is 31.6 Å². The molecule has 1 aliphatic carbocycles. The molecule has 0 atom stereocenters. The predicted molar refractivity (Wildman–Crippen MR) is 113 cm³/mol. The minimum absolute atomic E-state index is 0.102. The zero-order valence-corrected chi connectivity index (χ0v) is 17.1. The first-order chi connectivity index (χ1) is 14.1. The molecule has 0 saturated heterocycles. The number of hydrazone groups is 1. The fourth-order valence-corrected chi connectivity index (χ4v) is 4.64. The molecule has 1 aromatic carbocycles. The van der Waals surface area contributed by atoms with Crippen molar-refractivity contribution in [1.29, 1.82) is 0 Å². The average Bonchev–Trinajstić information content (AvgIpc) is 2.72. The molecular weight excluding hydrogens is 388 g/mol. The maximum absolute atomic E-state index is 13.1. The van der Waals surface area contributed by atoms with Crippen LogP contribution in [0.4, 0.5) is 5.82 Å². The number of sulfonamides is 1. The summed E-state index contributed by atoms with van der Waals surface area (Å²) in [6, 6.07) is 13.0. The Bertz CT molecular complexity index is 921. The predicted octanol–water partition coefficient (Wildman–Crippen LogP) is 3.49. The highest BCUT2D eigenvalue weighted by molar-refractivity contribution is 7.92. The van der Waals surface area contributed by atoms with E-state index in [1.165, 1.54) is 37.6 Å². The lowest BCUT2D eigenvalue weighted by Crippen LogP contribution is -2.40. The maximum atomic E-state index is 13.1. The Hall–Kier alpha value is -2.74. The molecule has 7 nitrogen and oxygen atoms in total. The molecule has 1 N–H and O–H groups in total. The van der Waals surface area contributed by atoms with Crippen molar-refractivity contribution >= 4 is 27.5 Å². The number of amides is 1. The van der Waals surface area contributed by atoms with Gasteiger partial charge in [-0.1, -0.05) is 43.5 Å². The van der Waals surface area contributed by atoms with Crippen molar-refractivity contribution in [3.05, 3.63) is 54.7 Å². The highest BCUT2D eigenvalue weighted by atomic mass is 32.2. The number of carbonyl (C=O) groups excluding carboxylic acids is 1. The van der Waals surface area contributed by atoms with E-state index in [1.54, 1.807) is 36.4 Å². The third-order valence-electron chi connectivity index (χ3n) is 4.79. The Morgan fingerprint density at radius 1 is 0.966 bits per heavy atom. The molecule has 0 bridgehead atoms. The van der Waals surface area contributed by atoms with Gasteiger partial charge in [-0.3, -0.25) is 4.79 Å². The van der Waals surface area contributed by atoms with Gasteiger partial charge in [0.2, 0.25) is 0 Å². The lowest BCUT2D eigenvalue weighted by Gasteiger charge is -2.22. The SMILES string of the molecule is O=C(CN(c1ccccn1)S(=O)(=O)c1ccccc1)NN=C1CCCCCCC1. The monoisotopic (exact) mass is 414 g/mol. The summed E-state index contributed by atoms with van der Waals surface area (Å²) in [5.74, 6) is -0.310. The van der Waals surface area contributed by atoms with Crippen molar-refractivity contribution in [1.82, 2.24) is 10.4 Å². The van der Waals surface area contributed by atoms with E-state index in [9.17, 15) is 13.2 Å². The molecule has 1 aliphatic rings. The largest absolute Gasteiger partial charge is 0.271 e. The van der Waals surface area contributed by atoms with Gasteiger partial charge in [0.1, 0.15) is 12.4 Å². The Labute approximate surface area is 171 Å². The first kappa shape index (κ1) is 21.0. The van der Waals surface area contributed by atoms with Crippen LogP contribution in [0.25, 0.3) is 0 Å². The summed E-state index contributed by atoms with van der Waals surface area (Å²) < 4.78 is 27.3. The van der Waals surface area contributed by atoms with Gasteiger partial charge in [0, 0.05) is 11.9 Å². The van der Waals surface area contributed by atoms with Gasteiger partial charge >= 0.3 is 0 Å². The summed E-state index contributed by atoms with van der Waals surface area (Å²) in [5.41, 5.74) is 3.51. The zero-order chi connectivity index (χ0) is 20.5. The molecule has 0 aliphatic heterocycles. The van der Waals surface area contributed by atoms with Crippen LogP contribution in [0, 0.1) is 0 Å². The molecule has 0 spiro atoms. The molecule has 29 heavy (non-hydrogen) atoms. The Morgan fingerprint density at radius 2 is 1.62 bits per heavy atom. The highest BCUT2D eigenvalue weighted by Crippen LogP contribution is 2.21. The lowest BCUT2D eigenvalue weighted by atomic mass is 9.99. The second-order valence-corrected chi connectivity index (χ2v) is 8.86. The van der Waals surface area contributed by atoms with Crippen molar-refractivity contribution in [2.75, 3.05) is 10.8 Å². The average molecular weight is 415 g/mol. The van der Waals surface area contributed by atoms with Crippen molar-refractivity contribution in [3.63, 3.8) is 0 Å². The standard InChI is InChI=1S/C21H26N4O3S/c26-21(24-23-18-11-5-2-1-3-6-12-18)17-25(20-15-9-10-16-22-20)29(27,28)19-13-7-4-8-14-19/h4,7-10,13-16H,1-3,5-6,11-12,17H2,(H,24,26). The number of rotatable bonds is 6. The molecule has 1 fully saturated rings. The molecule has 1 amide bonds. The van der Waals surface area contributed by atoms with E-state index in [4.69, 9.17) is 0 Å². The first-order valence-corrected chi connectivity index (χ1v) is 11.3. The number of hydrogen-bond acceptors (Lipinski definition) is 5. The molecule has 1 saturated carbocycles. The van der Waals surface area contributed by atoms with Crippen LogP contribution in [0.5, 0.6) is 0 Å². The van der Waals surface area contributed by atoms with Gasteiger partial charge < -0.3 is 0 Å². The number of hydrogen-bond donors (Lipinski definition) is 1. The summed E-state index contributed by atoms with van der Waals surface area (Å²) >= 11 is 0. The Balaban J connectivity index is 1.78. The fourth-order valence-electron chi connectivity index (χ4n) is 3.24. The molecule has 154 valence electrons. The van der Waals surface area contributed by atoms with E-state index in [-0.39, 0.29) is 10.7 Å². The Morgan fingerprint density at radius 3 is 2.28 bits per heavy atom. The Kier molecular flexibility index (Phi) is 7.35. The van der Waals surface area contributed by atoms with Crippen molar-refractivity contribution in [3.8, 4) is 0 Å². The van der Waals surface area contributed by atoms with E-state index < -0.39 is 22.5 Å². The molecule has 0 unspecified atom stereocenters. The van der Waals surface area contributed by atoms with Crippen LogP contribution in [-0.2, 0) is 14.8 Å². The van der Waals surface area contributed by atoms with Gasteiger partial charge in [-0.05, 0) is 49.9 Å². The number of nitrogens with zero attached hydrogens (tertiary/aromatic N) is 3. The second kappa shape index (κ2) is 10.2. The number of carbonyl (C=O) groups is 1. The van der Waals surface area contributed by atoms with Gasteiger partial charge in [0.05, 0.1) is 4.90 Å². The molecule has 1 aromatic heterocycles. The van der Waals surface area contributed by atoms with E-state index in [0.29, 0.717) is 0 Å². The molecule has 2 aromatic rings. The number of aromatic nitrogens is 1. The van der Waals surface area contributed by atoms with Crippen LogP contribution >= 0.6 is 0 Å².